The molecule has 450 valence electrons. The van der Waals surface area contributed by atoms with Crippen LogP contribution in [-0.2, 0) is 14.3 Å². The Labute approximate surface area is 475 Å². The molecule has 0 rings (SSSR count). The van der Waals surface area contributed by atoms with E-state index in [9.17, 15) is 19.8 Å². The Morgan fingerprint density at radius 2 is 0.618 bits per heavy atom. The molecular weight excluding hydrogens is 935 g/mol. The molecule has 1 amide bonds. The number of rotatable bonds is 65. The maximum absolute atomic E-state index is 12.5. The lowest BCUT2D eigenvalue weighted by Gasteiger charge is -2.20. The van der Waals surface area contributed by atoms with E-state index in [4.69, 9.17) is 4.74 Å². The third-order valence-corrected chi connectivity index (χ3v) is 16.2. The minimum Gasteiger partial charge on any atom is -0.466 e. The highest BCUT2D eigenvalue weighted by molar-refractivity contribution is 5.76. The summed E-state index contributed by atoms with van der Waals surface area (Å²) in [6, 6.07) is -0.627. The minimum atomic E-state index is -0.843. The molecule has 3 N–H and O–H groups in total. The number of carbonyl (C=O) groups excluding carboxylic acids is 2. The average Bonchev–Trinajstić information content (AvgIpc) is 3.42. The second kappa shape index (κ2) is 65.9. The Kier molecular flexibility index (Phi) is 64.4. The molecule has 0 heterocycles. The molecule has 2 atom stereocenters. The number of amides is 1. The zero-order chi connectivity index (χ0) is 55.0. The van der Waals surface area contributed by atoms with Gasteiger partial charge in [0.2, 0.25) is 5.91 Å². The molecule has 0 aliphatic carbocycles. The van der Waals surface area contributed by atoms with Crippen molar-refractivity contribution in [2.45, 2.75) is 398 Å². The van der Waals surface area contributed by atoms with Gasteiger partial charge in [0.05, 0.1) is 25.4 Å². The fraction of sp³-hybridized carbons (Fsp3) is 0.914. The van der Waals surface area contributed by atoms with Gasteiger partial charge in [-0.3, -0.25) is 9.59 Å². The predicted octanol–water partition coefficient (Wildman–Crippen LogP) is 22.1. The number of aliphatic hydroxyl groups is 2. The molecular formula is C70H135NO5. The van der Waals surface area contributed by atoms with E-state index in [2.05, 4.69) is 31.3 Å². The Morgan fingerprint density at radius 1 is 0.355 bits per heavy atom. The predicted molar refractivity (Wildman–Crippen MR) is 333 cm³/mol. The van der Waals surface area contributed by atoms with Crippen LogP contribution in [-0.4, -0.2) is 47.4 Å². The fourth-order valence-corrected chi connectivity index (χ4v) is 10.9. The van der Waals surface area contributed by atoms with Crippen LogP contribution in [0.1, 0.15) is 386 Å². The summed E-state index contributed by atoms with van der Waals surface area (Å²) in [6.45, 7) is 4.94. The molecule has 0 spiro atoms. The van der Waals surface area contributed by atoms with Gasteiger partial charge in [-0.2, -0.15) is 0 Å². The third kappa shape index (κ3) is 61.6. The lowest BCUT2D eigenvalue weighted by atomic mass is 10.0. The molecule has 0 aromatic rings. The van der Waals surface area contributed by atoms with Crippen molar-refractivity contribution in [3.05, 3.63) is 24.3 Å². The van der Waals surface area contributed by atoms with Gasteiger partial charge in [-0.25, -0.2) is 0 Å². The molecule has 2 unspecified atom stereocenters. The molecule has 0 fully saturated rings. The number of esters is 1. The van der Waals surface area contributed by atoms with Gasteiger partial charge < -0.3 is 20.3 Å². The van der Waals surface area contributed by atoms with Crippen molar-refractivity contribution in [1.82, 2.24) is 5.32 Å². The molecule has 0 aromatic carbocycles. The molecule has 0 saturated heterocycles. The third-order valence-electron chi connectivity index (χ3n) is 16.2. The van der Waals surface area contributed by atoms with Crippen molar-refractivity contribution in [3.63, 3.8) is 0 Å². The van der Waals surface area contributed by atoms with Crippen LogP contribution in [0.2, 0.25) is 0 Å². The monoisotopic (exact) mass is 1070 g/mol. The van der Waals surface area contributed by atoms with Crippen LogP contribution in [0, 0.1) is 0 Å². The molecule has 76 heavy (non-hydrogen) atoms. The molecule has 6 heteroatoms. The number of hydrogen-bond acceptors (Lipinski definition) is 5. The van der Waals surface area contributed by atoms with Crippen molar-refractivity contribution in [2.75, 3.05) is 13.2 Å². The van der Waals surface area contributed by atoms with E-state index in [0.717, 1.165) is 38.5 Å². The maximum atomic E-state index is 12.5. The first-order valence-corrected chi connectivity index (χ1v) is 34.6. The molecule has 0 aliphatic rings. The smallest absolute Gasteiger partial charge is 0.305 e. The number of ether oxygens (including phenoxy) is 1. The van der Waals surface area contributed by atoms with Crippen molar-refractivity contribution in [3.8, 4) is 0 Å². The zero-order valence-electron chi connectivity index (χ0n) is 51.5. The van der Waals surface area contributed by atoms with E-state index in [-0.39, 0.29) is 18.5 Å². The fourth-order valence-electron chi connectivity index (χ4n) is 10.9. The summed E-state index contributed by atoms with van der Waals surface area (Å²) in [5.74, 6) is -0.0452. The first kappa shape index (κ1) is 74.3. The molecule has 0 bridgehead atoms. The zero-order valence-corrected chi connectivity index (χ0v) is 51.5. The normalized spacial score (nSPS) is 12.6. The van der Waals surface area contributed by atoms with Gasteiger partial charge in [-0.05, 0) is 57.8 Å². The van der Waals surface area contributed by atoms with Gasteiger partial charge >= 0.3 is 5.97 Å². The van der Waals surface area contributed by atoms with Crippen molar-refractivity contribution >= 4 is 11.9 Å². The summed E-state index contributed by atoms with van der Waals surface area (Å²) in [5.41, 5.74) is 0. The van der Waals surface area contributed by atoms with Crippen LogP contribution in [0.15, 0.2) is 24.3 Å². The molecule has 0 saturated carbocycles. The van der Waals surface area contributed by atoms with Crippen molar-refractivity contribution < 1.29 is 24.5 Å². The van der Waals surface area contributed by atoms with Gasteiger partial charge in [0.1, 0.15) is 0 Å². The van der Waals surface area contributed by atoms with E-state index < -0.39 is 12.1 Å². The van der Waals surface area contributed by atoms with Crippen LogP contribution >= 0.6 is 0 Å². The summed E-state index contributed by atoms with van der Waals surface area (Å²) in [4.78, 5) is 24.6. The summed E-state index contributed by atoms with van der Waals surface area (Å²) in [6.07, 6.45) is 82.5. The van der Waals surface area contributed by atoms with Crippen LogP contribution in [0.4, 0.5) is 0 Å². The summed E-state index contributed by atoms with van der Waals surface area (Å²) in [5, 5.41) is 23.2. The lowest BCUT2D eigenvalue weighted by Crippen LogP contribution is -2.45. The topological polar surface area (TPSA) is 95.9 Å². The lowest BCUT2D eigenvalue weighted by molar-refractivity contribution is -0.143. The SMILES string of the molecule is CCCCCCCCCCCCCCC/C=C/C(O)C(CO)NC(=O)CCCCCCCCCCCCCCC/C=C\CCCCCCCCCCCCCCOC(=O)CCCCCCCCCCCCCCCCC. The molecule has 0 aromatic heterocycles. The highest BCUT2D eigenvalue weighted by Gasteiger charge is 2.18. The number of carbonyl (C=O) groups is 2. The summed E-state index contributed by atoms with van der Waals surface area (Å²) in [7, 11) is 0. The quantitative estimate of drug-likeness (QED) is 0.0320. The van der Waals surface area contributed by atoms with Crippen molar-refractivity contribution in [2.24, 2.45) is 0 Å². The van der Waals surface area contributed by atoms with Gasteiger partial charge in [0.15, 0.2) is 0 Å². The number of aliphatic hydroxyl groups excluding tert-OH is 2. The van der Waals surface area contributed by atoms with E-state index >= 15 is 0 Å². The van der Waals surface area contributed by atoms with Gasteiger partial charge in [-0.1, -0.05) is 340 Å². The van der Waals surface area contributed by atoms with E-state index in [1.807, 2.05) is 6.08 Å². The average molecular weight is 1070 g/mol. The minimum absolute atomic E-state index is 0.0196. The van der Waals surface area contributed by atoms with Crippen LogP contribution in [0.3, 0.4) is 0 Å². The van der Waals surface area contributed by atoms with Crippen LogP contribution < -0.4 is 5.32 Å². The Bertz CT molecular complexity index is 1190. The molecule has 0 aliphatic heterocycles. The highest BCUT2D eigenvalue weighted by atomic mass is 16.5. The summed E-state index contributed by atoms with van der Waals surface area (Å²) >= 11 is 0. The second-order valence-corrected chi connectivity index (χ2v) is 23.9. The Balaban J connectivity index is 3.37. The molecule has 6 nitrogen and oxygen atoms in total. The number of allylic oxidation sites excluding steroid dienone is 3. The standard InChI is InChI=1S/C70H135NO5/c1-3-5-7-9-11-13-15-17-34-38-42-46-50-54-58-62-68(73)67(66-72)71-69(74)63-59-55-51-47-43-39-36-32-30-28-26-24-22-20-19-21-23-25-27-29-31-33-37-41-45-49-53-57-61-65-76-70(75)64-60-56-52-48-44-40-35-18-16-14-12-10-8-6-4-2/h19,21,58,62,67-68,72-73H,3-18,20,22-57,59-61,63-66H2,1-2H3,(H,71,74)/b21-19-,62-58+. The first-order valence-electron chi connectivity index (χ1n) is 34.6. The second-order valence-electron chi connectivity index (χ2n) is 23.9. The van der Waals surface area contributed by atoms with E-state index in [0.29, 0.717) is 19.4 Å². The Hall–Kier alpha value is -1.66. The first-order chi connectivity index (χ1) is 37.5. The number of unbranched alkanes of at least 4 members (excludes halogenated alkanes) is 52. The number of hydrogen-bond donors (Lipinski definition) is 3. The molecule has 0 radical (unpaired) electrons. The van der Waals surface area contributed by atoms with Crippen LogP contribution in [0.5, 0.6) is 0 Å². The Morgan fingerprint density at radius 3 is 0.934 bits per heavy atom. The van der Waals surface area contributed by atoms with E-state index in [1.165, 1.54) is 321 Å². The maximum Gasteiger partial charge on any atom is 0.305 e. The largest absolute Gasteiger partial charge is 0.466 e. The van der Waals surface area contributed by atoms with Gasteiger partial charge in [0, 0.05) is 12.8 Å². The van der Waals surface area contributed by atoms with E-state index in [1.54, 1.807) is 6.08 Å². The number of nitrogens with one attached hydrogen (secondary N) is 1. The van der Waals surface area contributed by atoms with Crippen LogP contribution in [0.25, 0.3) is 0 Å². The highest BCUT2D eigenvalue weighted by Crippen LogP contribution is 2.18. The van der Waals surface area contributed by atoms with Crippen molar-refractivity contribution in [1.29, 1.82) is 0 Å². The van der Waals surface area contributed by atoms with Gasteiger partial charge in [0.25, 0.3) is 0 Å². The van der Waals surface area contributed by atoms with Gasteiger partial charge in [-0.15, -0.1) is 0 Å². The summed E-state index contributed by atoms with van der Waals surface area (Å²) < 4.78 is 5.50.